The molecule has 23 heavy (non-hydrogen) atoms. The minimum Gasteiger partial charge on any atom is -0.383 e. The van der Waals surface area contributed by atoms with E-state index in [-0.39, 0.29) is 31.0 Å². The van der Waals surface area contributed by atoms with Gasteiger partial charge in [-0.2, -0.15) is 5.10 Å². The number of hydrogen-bond acceptors (Lipinski definition) is 4. The quantitative estimate of drug-likeness (QED) is 0.847. The van der Waals surface area contributed by atoms with Crippen LogP contribution in [0.1, 0.15) is 19.9 Å². The van der Waals surface area contributed by atoms with Crippen molar-refractivity contribution in [3.8, 4) is 11.3 Å². The van der Waals surface area contributed by atoms with Gasteiger partial charge in [-0.05, 0) is 13.8 Å². The zero-order valence-corrected chi connectivity index (χ0v) is 14.3. The Labute approximate surface area is 142 Å². The Morgan fingerprint density at radius 1 is 1.35 bits per heavy atom. The zero-order valence-electron chi connectivity index (χ0n) is 13.5. The molecule has 2 rings (SSSR count). The van der Waals surface area contributed by atoms with E-state index in [0.29, 0.717) is 5.82 Å². The molecule has 2 aromatic rings. The average Bonchev–Trinajstić information content (AvgIpc) is 2.92. The summed E-state index contributed by atoms with van der Waals surface area (Å²) in [5.41, 5.74) is 7.56. The van der Waals surface area contributed by atoms with Crippen LogP contribution >= 0.6 is 12.4 Å². The summed E-state index contributed by atoms with van der Waals surface area (Å²) in [7, 11) is 1.51. The summed E-state index contributed by atoms with van der Waals surface area (Å²) in [6, 6.07) is 11.1. The van der Waals surface area contributed by atoms with E-state index >= 15 is 0 Å². The molecule has 0 aliphatic heterocycles. The van der Waals surface area contributed by atoms with Gasteiger partial charge in [0.1, 0.15) is 11.9 Å². The van der Waals surface area contributed by atoms with Gasteiger partial charge in [0.05, 0.1) is 12.3 Å². The normalized spacial score (nSPS) is 11.9. The van der Waals surface area contributed by atoms with E-state index < -0.39 is 6.04 Å². The molecule has 6 nitrogen and oxygen atoms in total. The Bertz CT molecular complexity index is 628. The van der Waals surface area contributed by atoms with Gasteiger partial charge >= 0.3 is 0 Å². The number of nitrogens with zero attached hydrogens (tertiary/aromatic N) is 2. The minimum absolute atomic E-state index is 0. The third kappa shape index (κ3) is 4.79. The molecule has 126 valence electrons. The molecule has 1 aromatic heterocycles. The molecular weight excluding hydrogens is 316 g/mol. The van der Waals surface area contributed by atoms with Crippen molar-refractivity contribution < 1.29 is 9.53 Å². The van der Waals surface area contributed by atoms with Crippen molar-refractivity contribution in [2.45, 2.75) is 25.9 Å². The summed E-state index contributed by atoms with van der Waals surface area (Å²) in [5.74, 6) is 0.341. The van der Waals surface area contributed by atoms with Gasteiger partial charge in [-0.15, -0.1) is 12.4 Å². The molecule has 0 bridgehead atoms. The van der Waals surface area contributed by atoms with Gasteiger partial charge in [0.25, 0.3) is 0 Å². The summed E-state index contributed by atoms with van der Waals surface area (Å²) < 4.78 is 6.68. The smallest absolute Gasteiger partial charge is 0.244 e. The first-order chi connectivity index (χ1) is 10.5. The number of halogens is 1. The molecule has 1 unspecified atom stereocenters. The first kappa shape index (κ1) is 19.2. The fourth-order valence-electron chi connectivity index (χ4n) is 2.11. The topological polar surface area (TPSA) is 82.2 Å². The van der Waals surface area contributed by atoms with E-state index in [1.54, 1.807) is 4.68 Å². The maximum atomic E-state index is 12.1. The number of anilines is 1. The number of carbonyl (C=O) groups excluding carboxylic acids is 1. The molecule has 0 saturated heterocycles. The van der Waals surface area contributed by atoms with Crippen LogP contribution in [0.4, 0.5) is 5.82 Å². The average molecular weight is 339 g/mol. The Morgan fingerprint density at radius 3 is 2.57 bits per heavy atom. The van der Waals surface area contributed by atoms with Crippen LogP contribution < -0.4 is 11.1 Å². The number of nitrogens with two attached hydrogens (primary N) is 1. The van der Waals surface area contributed by atoms with Crippen LogP contribution in [0.3, 0.4) is 0 Å². The zero-order chi connectivity index (χ0) is 16.1. The van der Waals surface area contributed by atoms with Gasteiger partial charge in [-0.1, -0.05) is 30.3 Å². The number of nitrogens with one attached hydrogen (secondary N) is 1. The highest BCUT2D eigenvalue weighted by Crippen LogP contribution is 2.24. The van der Waals surface area contributed by atoms with E-state index in [1.807, 2.05) is 50.2 Å². The lowest BCUT2D eigenvalue weighted by Gasteiger charge is -2.14. The predicted octanol–water partition coefficient (Wildman–Crippen LogP) is 2.47. The van der Waals surface area contributed by atoms with Gasteiger partial charge in [-0.3, -0.25) is 4.79 Å². The predicted molar refractivity (Wildman–Crippen MR) is 93.8 cm³/mol. The maximum Gasteiger partial charge on any atom is 0.244 e. The lowest BCUT2D eigenvalue weighted by molar-refractivity contribution is -0.118. The van der Waals surface area contributed by atoms with E-state index in [1.165, 1.54) is 7.11 Å². The molecule has 0 saturated carbocycles. The lowest BCUT2D eigenvalue weighted by atomic mass is 10.1. The highest BCUT2D eigenvalue weighted by atomic mass is 35.5. The Kier molecular flexibility index (Phi) is 7.22. The molecule has 0 spiro atoms. The van der Waals surface area contributed by atoms with Crippen molar-refractivity contribution in [3.05, 3.63) is 36.4 Å². The molecule has 0 aliphatic rings. The van der Waals surface area contributed by atoms with E-state index in [0.717, 1.165) is 11.3 Å². The van der Waals surface area contributed by atoms with Crippen molar-refractivity contribution in [1.29, 1.82) is 0 Å². The Morgan fingerprint density at radius 2 is 2.00 bits per heavy atom. The van der Waals surface area contributed by atoms with Crippen LogP contribution in [0.25, 0.3) is 11.3 Å². The molecule has 1 atom stereocenters. The third-order valence-electron chi connectivity index (χ3n) is 3.23. The summed E-state index contributed by atoms with van der Waals surface area (Å²) in [6.07, 6.45) is 0. The number of methoxy groups -OCH3 is 1. The molecule has 0 fully saturated rings. The van der Waals surface area contributed by atoms with Crippen LogP contribution in [0.15, 0.2) is 36.4 Å². The number of benzene rings is 1. The van der Waals surface area contributed by atoms with Gasteiger partial charge in [-0.25, -0.2) is 4.68 Å². The van der Waals surface area contributed by atoms with Crippen LogP contribution in [0.2, 0.25) is 0 Å². The molecule has 1 amide bonds. The summed E-state index contributed by atoms with van der Waals surface area (Å²) >= 11 is 0. The monoisotopic (exact) mass is 338 g/mol. The molecule has 0 radical (unpaired) electrons. The minimum atomic E-state index is -0.708. The van der Waals surface area contributed by atoms with Gasteiger partial charge in [0.15, 0.2) is 0 Å². The summed E-state index contributed by atoms with van der Waals surface area (Å²) in [5, 5.41) is 7.39. The van der Waals surface area contributed by atoms with Crippen LogP contribution in [-0.4, -0.2) is 35.4 Å². The number of aromatic nitrogens is 2. The van der Waals surface area contributed by atoms with Crippen LogP contribution in [0, 0.1) is 0 Å². The summed E-state index contributed by atoms with van der Waals surface area (Å²) in [4.78, 5) is 12.1. The second-order valence-corrected chi connectivity index (χ2v) is 5.37. The SMILES string of the molecule is COCC(N)C(=O)Nc1cc(-c2ccccc2)nn1C(C)C.Cl. The first-order valence-corrected chi connectivity index (χ1v) is 7.23. The lowest BCUT2D eigenvalue weighted by Crippen LogP contribution is -2.39. The van der Waals surface area contributed by atoms with Crippen molar-refractivity contribution in [2.75, 3.05) is 19.0 Å². The molecule has 7 heteroatoms. The van der Waals surface area contributed by atoms with Gasteiger partial charge in [0, 0.05) is 24.8 Å². The number of hydrogen-bond donors (Lipinski definition) is 2. The van der Waals surface area contributed by atoms with Crippen LogP contribution in [-0.2, 0) is 9.53 Å². The third-order valence-corrected chi connectivity index (χ3v) is 3.23. The molecular formula is C16H23ClN4O2. The maximum absolute atomic E-state index is 12.1. The molecule has 1 heterocycles. The van der Waals surface area contributed by atoms with Gasteiger partial charge < -0.3 is 15.8 Å². The Hall–Kier alpha value is -1.89. The molecule has 3 N–H and O–H groups in total. The second-order valence-electron chi connectivity index (χ2n) is 5.37. The van der Waals surface area contributed by atoms with Gasteiger partial charge in [0.2, 0.25) is 5.91 Å². The van der Waals surface area contributed by atoms with Crippen molar-refractivity contribution >= 4 is 24.1 Å². The van der Waals surface area contributed by atoms with Crippen molar-refractivity contribution in [3.63, 3.8) is 0 Å². The molecule has 0 aliphatic carbocycles. The highest BCUT2D eigenvalue weighted by Gasteiger charge is 2.18. The standard InChI is InChI=1S/C16H22N4O2.ClH/c1-11(2)20-15(18-16(21)13(17)10-22-3)9-14(19-20)12-7-5-4-6-8-12;/h4-9,11,13H,10,17H2,1-3H3,(H,18,21);1H. The molecule has 1 aromatic carbocycles. The first-order valence-electron chi connectivity index (χ1n) is 7.23. The van der Waals surface area contributed by atoms with Crippen molar-refractivity contribution in [1.82, 2.24) is 9.78 Å². The van der Waals surface area contributed by atoms with E-state index in [2.05, 4.69) is 10.4 Å². The van der Waals surface area contributed by atoms with E-state index in [9.17, 15) is 4.79 Å². The Balaban J connectivity index is 0.00000264. The summed E-state index contributed by atoms with van der Waals surface area (Å²) in [6.45, 7) is 4.19. The highest BCUT2D eigenvalue weighted by molar-refractivity contribution is 5.94. The second kappa shape index (κ2) is 8.67. The van der Waals surface area contributed by atoms with Crippen molar-refractivity contribution in [2.24, 2.45) is 5.73 Å². The fraction of sp³-hybridized carbons (Fsp3) is 0.375. The number of rotatable bonds is 6. The largest absolute Gasteiger partial charge is 0.383 e. The van der Waals surface area contributed by atoms with Crippen LogP contribution in [0.5, 0.6) is 0 Å². The fourth-order valence-corrected chi connectivity index (χ4v) is 2.11. The number of ether oxygens (including phenoxy) is 1. The number of carbonyl (C=O) groups is 1. The van der Waals surface area contributed by atoms with E-state index in [4.69, 9.17) is 10.5 Å². The number of amides is 1.